The topological polar surface area (TPSA) is 6.48 Å². The molecule has 0 aromatic heterocycles. The summed E-state index contributed by atoms with van der Waals surface area (Å²) >= 11 is 0. The van der Waals surface area contributed by atoms with Gasteiger partial charge in [-0.25, -0.2) is 0 Å². The van der Waals surface area contributed by atoms with Crippen LogP contribution >= 0.6 is 0 Å². The molecule has 62 valence electrons. The fourth-order valence-corrected chi connectivity index (χ4v) is 0.995. The van der Waals surface area contributed by atoms with E-state index in [4.69, 9.17) is 0 Å². The van der Waals surface area contributed by atoms with Crippen LogP contribution in [-0.4, -0.2) is 44.6 Å². The minimum Gasteiger partial charge on any atom is -0.379 e. The SMILES string of the molecule is C[B]N([B]N(C)CCC)CC. The molecule has 0 aliphatic heterocycles. The van der Waals surface area contributed by atoms with Gasteiger partial charge in [0.1, 0.15) is 0 Å². The van der Waals surface area contributed by atoms with E-state index in [1.165, 1.54) is 6.42 Å². The van der Waals surface area contributed by atoms with Gasteiger partial charge in [-0.15, -0.1) is 0 Å². The van der Waals surface area contributed by atoms with Crippen LogP contribution in [0.2, 0.25) is 6.82 Å². The lowest BCUT2D eigenvalue weighted by atomic mass is 9.85. The summed E-state index contributed by atoms with van der Waals surface area (Å²) in [6, 6.07) is 0. The quantitative estimate of drug-likeness (QED) is 0.520. The second kappa shape index (κ2) is 6.74. The molecule has 4 heteroatoms. The van der Waals surface area contributed by atoms with Crippen LogP contribution in [0.5, 0.6) is 0 Å². The first-order valence-electron chi connectivity index (χ1n) is 4.35. The van der Waals surface area contributed by atoms with Gasteiger partial charge in [0.2, 0.25) is 0 Å². The molecule has 0 saturated carbocycles. The monoisotopic (exact) mass is 152 g/mol. The van der Waals surface area contributed by atoms with Crippen LogP contribution in [-0.2, 0) is 0 Å². The van der Waals surface area contributed by atoms with Gasteiger partial charge in [0.15, 0.2) is 7.41 Å². The van der Waals surface area contributed by atoms with E-state index in [-0.39, 0.29) is 0 Å². The maximum atomic E-state index is 2.21. The Morgan fingerprint density at radius 1 is 1.27 bits per heavy atom. The standard InChI is InChI=1S/C7H18B2N2/c1-5-7-10(4)9-11(6-2)8-3/h5-7H2,1-4H3. The third-order valence-electron chi connectivity index (χ3n) is 1.62. The number of rotatable bonds is 6. The Kier molecular flexibility index (Phi) is 6.77. The van der Waals surface area contributed by atoms with Crippen molar-refractivity contribution in [3.05, 3.63) is 0 Å². The summed E-state index contributed by atoms with van der Waals surface area (Å²) < 4.78 is 2.18. The lowest BCUT2D eigenvalue weighted by molar-refractivity contribution is 0.491. The van der Waals surface area contributed by atoms with E-state index >= 15 is 0 Å². The van der Waals surface area contributed by atoms with Crippen molar-refractivity contribution in [2.24, 2.45) is 0 Å². The Labute approximate surface area is 72.5 Å². The van der Waals surface area contributed by atoms with Crippen molar-refractivity contribution in [1.82, 2.24) is 9.53 Å². The lowest BCUT2D eigenvalue weighted by Crippen LogP contribution is -2.40. The van der Waals surface area contributed by atoms with E-state index in [0.717, 1.165) is 13.1 Å². The molecule has 0 atom stereocenters. The fraction of sp³-hybridized carbons (Fsp3) is 1.00. The van der Waals surface area contributed by atoms with Crippen LogP contribution in [0.1, 0.15) is 20.3 Å². The van der Waals surface area contributed by atoms with Crippen molar-refractivity contribution in [1.29, 1.82) is 0 Å². The molecule has 0 saturated heterocycles. The molecular weight excluding hydrogens is 134 g/mol. The molecule has 2 radical (unpaired) electrons. The Bertz CT molecular complexity index is 86.5. The normalized spacial score (nSPS) is 10.7. The molecule has 11 heavy (non-hydrogen) atoms. The molecule has 0 amide bonds. The van der Waals surface area contributed by atoms with Crippen molar-refractivity contribution in [2.45, 2.75) is 27.1 Å². The van der Waals surface area contributed by atoms with Gasteiger partial charge in [0.25, 0.3) is 7.55 Å². The summed E-state index contributed by atoms with van der Waals surface area (Å²) in [7, 11) is 6.34. The maximum Gasteiger partial charge on any atom is 0.300 e. The van der Waals surface area contributed by atoms with E-state index in [1.807, 2.05) is 0 Å². The summed E-state index contributed by atoms with van der Waals surface area (Å²) in [5, 5.41) is 0. The van der Waals surface area contributed by atoms with Crippen molar-refractivity contribution >= 4 is 15.0 Å². The highest BCUT2D eigenvalue weighted by molar-refractivity contribution is 6.47. The number of hydrogen-bond donors (Lipinski definition) is 0. The van der Waals surface area contributed by atoms with Crippen LogP contribution in [0, 0.1) is 0 Å². The average Bonchev–Trinajstić information content (AvgIpc) is 2.01. The molecule has 0 aromatic rings. The van der Waals surface area contributed by atoms with Gasteiger partial charge in [-0.1, -0.05) is 20.7 Å². The maximum absolute atomic E-state index is 2.21. The highest BCUT2D eigenvalue weighted by Crippen LogP contribution is 1.88. The smallest absolute Gasteiger partial charge is 0.300 e. The Balaban J connectivity index is 3.44. The van der Waals surface area contributed by atoms with Crippen LogP contribution in [0.4, 0.5) is 0 Å². The lowest BCUT2D eigenvalue weighted by Gasteiger charge is -2.23. The van der Waals surface area contributed by atoms with Gasteiger partial charge in [-0.3, -0.25) is 0 Å². The predicted octanol–water partition coefficient (Wildman–Crippen LogP) is 0.852. The Morgan fingerprint density at radius 3 is 2.27 bits per heavy atom. The largest absolute Gasteiger partial charge is 0.379 e. The van der Waals surface area contributed by atoms with Crippen LogP contribution in [0.15, 0.2) is 0 Å². The second-order valence-corrected chi connectivity index (χ2v) is 2.68. The highest BCUT2D eigenvalue weighted by atomic mass is 15.1. The highest BCUT2D eigenvalue weighted by Gasteiger charge is 2.06. The van der Waals surface area contributed by atoms with Gasteiger partial charge in [-0.05, 0) is 26.6 Å². The van der Waals surface area contributed by atoms with E-state index in [2.05, 4.69) is 52.2 Å². The zero-order valence-corrected chi connectivity index (χ0v) is 8.17. The van der Waals surface area contributed by atoms with E-state index < -0.39 is 0 Å². The van der Waals surface area contributed by atoms with Gasteiger partial charge < -0.3 is 9.53 Å². The van der Waals surface area contributed by atoms with Crippen molar-refractivity contribution in [2.75, 3.05) is 20.1 Å². The Morgan fingerprint density at radius 2 is 1.91 bits per heavy atom. The van der Waals surface area contributed by atoms with Crippen molar-refractivity contribution in [3.63, 3.8) is 0 Å². The average molecular weight is 152 g/mol. The molecule has 2 nitrogen and oxygen atoms in total. The second-order valence-electron chi connectivity index (χ2n) is 2.68. The molecule has 0 aromatic carbocycles. The van der Waals surface area contributed by atoms with Crippen molar-refractivity contribution < 1.29 is 0 Å². The van der Waals surface area contributed by atoms with E-state index in [0.29, 0.717) is 0 Å². The van der Waals surface area contributed by atoms with E-state index in [1.54, 1.807) is 0 Å². The molecule has 0 unspecified atom stereocenters. The van der Waals surface area contributed by atoms with Crippen LogP contribution < -0.4 is 0 Å². The minimum atomic E-state index is 1.05. The molecular formula is C7H18B2N2. The first-order valence-corrected chi connectivity index (χ1v) is 4.35. The van der Waals surface area contributed by atoms with Gasteiger partial charge >= 0.3 is 0 Å². The molecule has 0 fully saturated rings. The van der Waals surface area contributed by atoms with Crippen LogP contribution in [0.3, 0.4) is 0 Å². The van der Waals surface area contributed by atoms with Crippen molar-refractivity contribution in [3.8, 4) is 0 Å². The fourth-order valence-electron chi connectivity index (χ4n) is 0.995. The molecule has 0 spiro atoms. The summed E-state index contributed by atoms with van der Waals surface area (Å²) in [5.74, 6) is 0. The molecule has 0 heterocycles. The molecule has 0 bridgehead atoms. The predicted molar refractivity (Wildman–Crippen MR) is 52.7 cm³/mol. The number of nitrogens with zero attached hydrogens (tertiary/aromatic N) is 2. The molecule has 0 rings (SSSR count). The first kappa shape index (κ1) is 11.0. The van der Waals surface area contributed by atoms with Gasteiger partial charge in [-0.2, -0.15) is 0 Å². The molecule has 0 aliphatic rings. The number of hydrogen-bond acceptors (Lipinski definition) is 2. The summed E-state index contributed by atoms with van der Waals surface area (Å²) in [5.41, 5.74) is 0. The molecule has 0 N–H and O–H groups in total. The summed E-state index contributed by atoms with van der Waals surface area (Å²) in [6.45, 7) is 8.57. The third-order valence-corrected chi connectivity index (χ3v) is 1.62. The minimum absolute atomic E-state index is 1.05. The zero-order chi connectivity index (χ0) is 8.69. The Hall–Kier alpha value is 0.0499. The third kappa shape index (κ3) is 5.33. The van der Waals surface area contributed by atoms with E-state index in [9.17, 15) is 0 Å². The molecule has 0 aliphatic carbocycles. The zero-order valence-electron chi connectivity index (χ0n) is 8.17. The van der Waals surface area contributed by atoms with Gasteiger partial charge in [0, 0.05) is 0 Å². The first-order chi connectivity index (χ1) is 5.24. The van der Waals surface area contributed by atoms with Crippen LogP contribution in [0.25, 0.3) is 0 Å². The summed E-state index contributed by atoms with van der Waals surface area (Å²) in [4.78, 5) is 2.21. The van der Waals surface area contributed by atoms with Gasteiger partial charge in [0.05, 0.1) is 0 Å². The summed E-state index contributed by atoms with van der Waals surface area (Å²) in [6.07, 6.45) is 1.20.